The molecule has 0 fully saturated rings. The maximum absolute atomic E-state index is 13.5. The third-order valence-corrected chi connectivity index (χ3v) is 2.70. The van der Waals surface area contributed by atoms with Crippen molar-refractivity contribution < 1.29 is 23.1 Å². The molecule has 134 valence electrons. The van der Waals surface area contributed by atoms with Crippen LogP contribution < -0.4 is 10.6 Å². The van der Waals surface area contributed by atoms with Crippen LogP contribution in [0.4, 0.5) is 25.1 Å². The number of amides is 2. The van der Waals surface area contributed by atoms with E-state index in [1.807, 2.05) is 0 Å². The molecule has 0 saturated carbocycles. The Morgan fingerprint density at radius 1 is 1.24 bits per heavy atom. The van der Waals surface area contributed by atoms with Crippen LogP contribution in [0.15, 0.2) is 24.4 Å². The summed E-state index contributed by atoms with van der Waals surface area (Å²) in [6.45, 7) is 4.82. The maximum atomic E-state index is 13.5. The molecule has 0 aliphatic heterocycles. The van der Waals surface area contributed by atoms with E-state index < -0.39 is 29.2 Å². The number of hydrogen-bond donors (Lipinski definition) is 2. The number of ether oxygens (including phenoxy) is 1. The van der Waals surface area contributed by atoms with Crippen LogP contribution in [0, 0.1) is 11.6 Å². The van der Waals surface area contributed by atoms with Gasteiger partial charge in [-0.25, -0.2) is 18.3 Å². The van der Waals surface area contributed by atoms with E-state index in [1.54, 1.807) is 20.8 Å². The van der Waals surface area contributed by atoms with Crippen molar-refractivity contribution in [1.29, 1.82) is 0 Å². The highest BCUT2D eigenvalue weighted by atomic mass is 19.2. The number of aromatic nitrogens is 3. The third-order valence-electron chi connectivity index (χ3n) is 2.70. The van der Waals surface area contributed by atoms with Gasteiger partial charge in [0, 0.05) is 0 Å². The van der Waals surface area contributed by atoms with Crippen LogP contribution in [-0.4, -0.2) is 32.6 Å². The molecule has 2 amide bonds. The van der Waals surface area contributed by atoms with Gasteiger partial charge in [-0.1, -0.05) is 11.3 Å². The minimum absolute atomic E-state index is 0.0824. The highest BCUT2D eigenvalue weighted by Gasteiger charge is 2.17. The van der Waals surface area contributed by atoms with Gasteiger partial charge in [0.25, 0.3) is 0 Å². The molecule has 1 aromatic heterocycles. The van der Waals surface area contributed by atoms with Crippen molar-refractivity contribution in [2.45, 2.75) is 32.9 Å². The van der Waals surface area contributed by atoms with E-state index in [-0.39, 0.29) is 18.1 Å². The first-order valence-corrected chi connectivity index (χ1v) is 7.28. The van der Waals surface area contributed by atoms with Crippen molar-refractivity contribution in [2.75, 3.05) is 10.6 Å². The molecule has 1 heterocycles. The van der Waals surface area contributed by atoms with Gasteiger partial charge in [-0.2, -0.15) is 0 Å². The Hall–Kier alpha value is -3.04. The summed E-state index contributed by atoms with van der Waals surface area (Å²) in [5.41, 5.74) is -0.952. The van der Waals surface area contributed by atoms with Gasteiger partial charge in [0.1, 0.15) is 12.1 Å². The molecule has 0 aliphatic carbocycles. The molecule has 2 rings (SSSR count). The van der Waals surface area contributed by atoms with E-state index in [2.05, 4.69) is 20.9 Å². The summed E-state index contributed by atoms with van der Waals surface area (Å²) in [4.78, 5) is 23.5. The SMILES string of the molecule is CC(C)(C)OC(=O)Nc1cn(CC(=O)Nc2cccc(F)c2F)nn1. The number of nitrogens with one attached hydrogen (secondary N) is 2. The lowest BCUT2D eigenvalue weighted by molar-refractivity contribution is -0.117. The zero-order valence-electron chi connectivity index (χ0n) is 13.8. The summed E-state index contributed by atoms with van der Waals surface area (Å²) in [7, 11) is 0. The molecule has 25 heavy (non-hydrogen) atoms. The first-order chi connectivity index (χ1) is 11.6. The van der Waals surface area contributed by atoms with Crippen molar-refractivity contribution in [3.63, 3.8) is 0 Å². The van der Waals surface area contributed by atoms with Gasteiger partial charge in [0.15, 0.2) is 17.5 Å². The van der Waals surface area contributed by atoms with Gasteiger partial charge >= 0.3 is 6.09 Å². The number of benzene rings is 1. The average Bonchev–Trinajstić information content (AvgIpc) is 2.88. The second-order valence-electron chi connectivity index (χ2n) is 6.08. The predicted octanol–water partition coefficient (Wildman–Crippen LogP) is 2.54. The second kappa shape index (κ2) is 7.24. The Balaban J connectivity index is 1.93. The van der Waals surface area contributed by atoms with Crippen LogP contribution in [0.3, 0.4) is 0 Å². The van der Waals surface area contributed by atoms with Gasteiger partial charge < -0.3 is 10.1 Å². The monoisotopic (exact) mass is 353 g/mol. The predicted molar refractivity (Wildman–Crippen MR) is 84.9 cm³/mol. The zero-order chi connectivity index (χ0) is 18.6. The summed E-state index contributed by atoms with van der Waals surface area (Å²) in [5.74, 6) is -2.78. The molecule has 2 aromatic rings. The van der Waals surface area contributed by atoms with Crippen molar-refractivity contribution in [2.24, 2.45) is 0 Å². The van der Waals surface area contributed by atoms with Crippen molar-refractivity contribution in [3.05, 3.63) is 36.0 Å². The zero-order valence-corrected chi connectivity index (χ0v) is 13.8. The minimum Gasteiger partial charge on any atom is -0.444 e. The first kappa shape index (κ1) is 18.3. The Labute approximate surface area is 142 Å². The van der Waals surface area contributed by atoms with Gasteiger partial charge in [-0.05, 0) is 32.9 Å². The highest BCUT2D eigenvalue weighted by molar-refractivity contribution is 5.90. The van der Waals surface area contributed by atoms with Crippen LogP contribution >= 0.6 is 0 Å². The summed E-state index contributed by atoms with van der Waals surface area (Å²) < 4.78 is 32.8. The number of rotatable bonds is 4. The molecule has 1 aromatic carbocycles. The van der Waals surface area contributed by atoms with Gasteiger partial charge in [-0.15, -0.1) is 5.10 Å². The number of halogens is 2. The normalized spacial score (nSPS) is 11.1. The highest BCUT2D eigenvalue weighted by Crippen LogP contribution is 2.16. The Kier molecular flexibility index (Phi) is 5.30. The molecule has 0 unspecified atom stereocenters. The topological polar surface area (TPSA) is 98.1 Å². The number of anilines is 2. The van der Waals surface area contributed by atoms with E-state index >= 15 is 0 Å². The quantitative estimate of drug-likeness (QED) is 0.880. The summed E-state index contributed by atoms with van der Waals surface area (Å²) in [5, 5.41) is 11.9. The molecule has 8 nitrogen and oxygen atoms in total. The fourth-order valence-electron chi connectivity index (χ4n) is 1.78. The van der Waals surface area contributed by atoms with Crippen molar-refractivity contribution in [1.82, 2.24) is 15.0 Å². The Bertz CT molecular complexity index is 786. The smallest absolute Gasteiger partial charge is 0.413 e. The fourth-order valence-corrected chi connectivity index (χ4v) is 1.78. The molecule has 0 aliphatic rings. The van der Waals surface area contributed by atoms with Gasteiger partial charge in [-0.3, -0.25) is 10.1 Å². The van der Waals surface area contributed by atoms with E-state index in [0.29, 0.717) is 0 Å². The van der Waals surface area contributed by atoms with Crippen LogP contribution in [0.25, 0.3) is 0 Å². The molecule has 10 heteroatoms. The van der Waals surface area contributed by atoms with E-state index in [1.165, 1.54) is 18.3 Å². The summed E-state index contributed by atoms with van der Waals surface area (Å²) in [6, 6.07) is 3.44. The lowest BCUT2D eigenvalue weighted by Crippen LogP contribution is -2.27. The standard InChI is InChI=1S/C15H17F2N5O3/c1-15(2,3)25-14(24)19-11-7-22(21-20-11)8-12(23)18-10-6-4-5-9(16)13(10)17/h4-7H,8H2,1-3H3,(H,18,23)(H,19,24). The van der Waals surface area contributed by atoms with Crippen LogP contribution in [0.2, 0.25) is 0 Å². The lowest BCUT2D eigenvalue weighted by Gasteiger charge is -2.18. The molecule has 0 bridgehead atoms. The first-order valence-electron chi connectivity index (χ1n) is 7.28. The maximum Gasteiger partial charge on any atom is 0.413 e. The summed E-state index contributed by atoms with van der Waals surface area (Å²) in [6.07, 6.45) is 0.580. The van der Waals surface area contributed by atoms with E-state index in [4.69, 9.17) is 4.74 Å². The average molecular weight is 353 g/mol. The van der Waals surface area contributed by atoms with Crippen LogP contribution in [-0.2, 0) is 16.1 Å². The molecule has 0 atom stereocenters. The molecule has 0 spiro atoms. The molecule has 0 saturated heterocycles. The molecular weight excluding hydrogens is 336 g/mol. The molecule has 0 radical (unpaired) electrons. The minimum atomic E-state index is -1.15. The lowest BCUT2D eigenvalue weighted by atomic mass is 10.2. The molecular formula is C15H17F2N5O3. The van der Waals surface area contributed by atoms with Gasteiger partial charge in [0.2, 0.25) is 5.91 Å². The largest absolute Gasteiger partial charge is 0.444 e. The Morgan fingerprint density at radius 2 is 1.96 bits per heavy atom. The summed E-state index contributed by atoms with van der Waals surface area (Å²) >= 11 is 0. The van der Waals surface area contributed by atoms with E-state index in [0.717, 1.165) is 10.7 Å². The molecule has 2 N–H and O–H groups in total. The van der Waals surface area contributed by atoms with Crippen molar-refractivity contribution in [3.8, 4) is 0 Å². The fraction of sp³-hybridized carbons (Fsp3) is 0.333. The Morgan fingerprint density at radius 3 is 2.64 bits per heavy atom. The van der Waals surface area contributed by atoms with Crippen LogP contribution in [0.5, 0.6) is 0 Å². The van der Waals surface area contributed by atoms with Gasteiger partial charge in [0.05, 0.1) is 11.9 Å². The van der Waals surface area contributed by atoms with E-state index in [9.17, 15) is 18.4 Å². The third kappa shape index (κ3) is 5.52. The number of carbonyl (C=O) groups excluding carboxylic acids is 2. The van der Waals surface area contributed by atoms with Crippen LogP contribution in [0.1, 0.15) is 20.8 Å². The number of nitrogens with zero attached hydrogens (tertiary/aromatic N) is 3. The number of carbonyl (C=O) groups is 2. The second-order valence-corrected chi connectivity index (χ2v) is 6.08. The number of hydrogen-bond acceptors (Lipinski definition) is 5. The van der Waals surface area contributed by atoms with Crippen molar-refractivity contribution >= 4 is 23.5 Å².